The van der Waals surface area contributed by atoms with E-state index in [1.54, 1.807) is 13.8 Å². The number of aliphatic hydroxyl groups excluding tert-OH is 2. The first-order valence-electron chi connectivity index (χ1n) is 10.0. The molecule has 0 aliphatic rings. The number of unbranched alkanes of at least 4 members (excludes halogenated alkanes) is 10. The summed E-state index contributed by atoms with van der Waals surface area (Å²) in [6.45, 7) is 5.83. The van der Waals surface area contributed by atoms with Crippen LogP contribution < -0.4 is 5.73 Å². The van der Waals surface area contributed by atoms with Crippen molar-refractivity contribution in [3.05, 3.63) is 0 Å². The second-order valence-corrected chi connectivity index (χ2v) is 7.75. The SMILES string of the molecule is CCCCCCCCCCCCCC(N)(CC(C)O)CC(C)O. The van der Waals surface area contributed by atoms with Gasteiger partial charge in [0.25, 0.3) is 0 Å². The molecule has 0 amide bonds. The molecule has 3 heteroatoms. The lowest BCUT2D eigenvalue weighted by atomic mass is 9.83. The van der Waals surface area contributed by atoms with Gasteiger partial charge in [-0.1, -0.05) is 77.6 Å². The minimum atomic E-state index is -0.415. The zero-order chi connectivity index (χ0) is 17.6. The number of hydrogen-bond acceptors (Lipinski definition) is 3. The Morgan fingerprint density at radius 2 is 1.04 bits per heavy atom. The number of aliphatic hydroxyl groups is 2. The average Bonchev–Trinajstić information content (AvgIpc) is 2.43. The van der Waals surface area contributed by atoms with Gasteiger partial charge in [-0.05, 0) is 33.1 Å². The molecule has 0 bridgehead atoms. The molecular weight excluding hydrogens is 286 g/mol. The van der Waals surface area contributed by atoms with Crippen molar-refractivity contribution in [3.63, 3.8) is 0 Å². The summed E-state index contributed by atoms with van der Waals surface area (Å²) < 4.78 is 0. The fourth-order valence-corrected chi connectivity index (χ4v) is 3.61. The van der Waals surface area contributed by atoms with Crippen LogP contribution in [0.3, 0.4) is 0 Å². The predicted molar refractivity (Wildman–Crippen MR) is 101 cm³/mol. The number of rotatable bonds is 16. The maximum Gasteiger partial charge on any atom is 0.0529 e. The monoisotopic (exact) mass is 329 g/mol. The highest BCUT2D eigenvalue weighted by Gasteiger charge is 2.27. The van der Waals surface area contributed by atoms with Gasteiger partial charge in [-0.25, -0.2) is 0 Å². The van der Waals surface area contributed by atoms with Crippen LogP contribution in [-0.4, -0.2) is 28.0 Å². The topological polar surface area (TPSA) is 66.5 Å². The standard InChI is InChI=1S/C20H43NO2/c1-4-5-6-7-8-9-10-11-12-13-14-15-20(21,16-18(2)22)17-19(3)23/h18-19,22-23H,4-17,21H2,1-3H3. The first-order chi connectivity index (χ1) is 10.9. The summed E-state index contributed by atoms with van der Waals surface area (Å²) in [5, 5.41) is 19.2. The predicted octanol–water partition coefficient (Wildman–Crippen LogP) is 4.93. The molecule has 0 saturated heterocycles. The molecule has 0 radical (unpaired) electrons. The Hall–Kier alpha value is -0.120. The van der Waals surface area contributed by atoms with Gasteiger partial charge in [0.15, 0.2) is 0 Å². The molecule has 0 aliphatic heterocycles. The van der Waals surface area contributed by atoms with Crippen LogP contribution in [0.5, 0.6) is 0 Å². The van der Waals surface area contributed by atoms with E-state index in [2.05, 4.69) is 6.92 Å². The summed E-state index contributed by atoms with van der Waals surface area (Å²) in [6.07, 6.45) is 15.9. The van der Waals surface area contributed by atoms with Gasteiger partial charge in [0.1, 0.15) is 0 Å². The molecule has 2 atom stereocenters. The van der Waals surface area contributed by atoms with Crippen LogP contribution in [0, 0.1) is 0 Å². The quantitative estimate of drug-likeness (QED) is 0.352. The first kappa shape index (κ1) is 22.9. The molecule has 140 valence electrons. The molecular formula is C20H43NO2. The molecule has 0 fully saturated rings. The van der Waals surface area contributed by atoms with Gasteiger partial charge in [-0.2, -0.15) is 0 Å². The zero-order valence-electron chi connectivity index (χ0n) is 16.0. The highest BCUT2D eigenvalue weighted by molar-refractivity contribution is 4.87. The van der Waals surface area contributed by atoms with Gasteiger partial charge < -0.3 is 15.9 Å². The van der Waals surface area contributed by atoms with E-state index in [4.69, 9.17) is 5.73 Å². The second kappa shape index (κ2) is 14.2. The first-order valence-corrected chi connectivity index (χ1v) is 10.0. The van der Waals surface area contributed by atoms with Gasteiger partial charge in [-0.15, -0.1) is 0 Å². The van der Waals surface area contributed by atoms with E-state index >= 15 is 0 Å². The van der Waals surface area contributed by atoms with E-state index < -0.39 is 17.7 Å². The fourth-order valence-electron chi connectivity index (χ4n) is 3.61. The molecule has 0 heterocycles. The van der Waals surface area contributed by atoms with Crippen molar-refractivity contribution in [2.24, 2.45) is 5.73 Å². The zero-order valence-corrected chi connectivity index (χ0v) is 16.0. The van der Waals surface area contributed by atoms with E-state index in [9.17, 15) is 10.2 Å². The lowest BCUT2D eigenvalue weighted by molar-refractivity contribution is 0.0985. The smallest absolute Gasteiger partial charge is 0.0529 e. The Labute approximate surface area is 145 Å². The molecule has 0 spiro atoms. The lowest BCUT2D eigenvalue weighted by Crippen LogP contribution is -2.44. The van der Waals surface area contributed by atoms with Crippen molar-refractivity contribution >= 4 is 0 Å². The molecule has 0 aromatic carbocycles. The summed E-state index contributed by atoms with van der Waals surface area (Å²) in [5.41, 5.74) is 5.99. The van der Waals surface area contributed by atoms with Gasteiger partial charge in [0.2, 0.25) is 0 Å². The Morgan fingerprint density at radius 3 is 1.39 bits per heavy atom. The van der Waals surface area contributed by atoms with Crippen LogP contribution in [-0.2, 0) is 0 Å². The van der Waals surface area contributed by atoms with Crippen LogP contribution in [0.25, 0.3) is 0 Å². The molecule has 0 aliphatic carbocycles. The van der Waals surface area contributed by atoms with Crippen LogP contribution >= 0.6 is 0 Å². The summed E-state index contributed by atoms with van der Waals surface area (Å²) in [7, 11) is 0. The largest absolute Gasteiger partial charge is 0.393 e. The Balaban J connectivity index is 3.62. The minimum absolute atomic E-state index is 0.397. The Morgan fingerprint density at radius 1 is 0.696 bits per heavy atom. The second-order valence-electron chi connectivity index (χ2n) is 7.75. The van der Waals surface area contributed by atoms with Crippen LogP contribution in [0.15, 0.2) is 0 Å². The third-order valence-electron chi connectivity index (χ3n) is 4.68. The number of nitrogens with two attached hydrogens (primary N) is 1. The third kappa shape index (κ3) is 15.2. The van der Waals surface area contributed by atoms with E-state index in [1.807, 2.05) is 0 Å². The van der Waals surface area contributed by atoms with E-state index in [0.717, 1.165) is 12.8 Å². The highest BCUT2D eigenvalue weighted by atomic mass is 16.3. The van der Waals surface area contributed by atoms with Gasteiger partial charge in [-0.3, -0.25) is 0 Å². The molecule has 0 rings (SSSR count). The normalized spacial score (nSPS) is 17.0. The summed E-state index contributed by atoms with van der Waals surface area (Å²) in [5.74, 6) is 0. The van der Waals surface area contributed by atoms with Gasteiger partial charge >= 0.3 is 0 Å². The van der Waals surface area contributed by atoms with Crippen molar-refractivity contribution in [2.45, 2.75) is 128 Å². The van der Waals surface area contributed by atoms with Gasteiger partial charge in [0, 0.05) is 5.54 Å². The minimum Gasteiger partial charge on any atom is -0.393 e. The molecule has 3 nitrogen and oxygen atoms in total. The third-order valence-corrected chi connectivity index (χ3v) is 4.68. The lowest BCUT2D eigenvalue weighted by Gasteiger charge is -2.32. The van der Waals surface area contributed by atoms with E-state index in [0.29, 0.717) is 12.8 Å². The molecule has 0 saturated carbocycles. The maximum atomic E-state index is 9.62. The van der Waals surface area contributed by atoms with Crippen molar-refractivity contribution in [1.29, 1.82) is 0 Å². The summed E-state index contributed by atoms with van der Waals surface area (Å²) in [4.78, 5) is 0. The number of hydrogen-bond donors (Lipinski definition) is 3. The van der Waals surface area contributed by atoms with Crippen LogP contribution in [0.4, 0.5) is 0 Å². The van der Waals surface area contributed by atoms with Crippen molar-refractivity contribution in [1.82, 2.24) is 0 Å². The van der Waals surface area contributed by atoms with Crippen molar-refractivity contribution in [2.75, 3.05) is 0 Å². The molecule has 2 unspecified atom stereocenters. The fraction of sp³-hybridized carbons (Fsp3) is 1.00. The summed E-state index contributed by atoms with van der Waals surface area (Å²) >= 11 is 0. The molecule has 23 heavy (non-hydrogen) atoms. The van der Waals surface area contributed by atoms with Crippen molar-refractivity contribution in [3.8, 4) is 0 Å². The molecule has 4 N–H and O–H groups in total. The Bertz CT molecular complexity index is 244. The molecule has 0 aromatic heterocycles. The highest BCUT2D eigenvalue weighted by Crippen LogP contribution is 2.24. The van der Waals surface area contributed by atoms with Crippen LogP contribution in [0.2, 0.25) is 0 Å². The van der Waals surface area contributed by atoms with Gasteiger partial charge in [0.05, 0.1) is 12.2 Å². The van der Waals surface area contributed by atoms with E-state index in [1.165, 1.54) is 64.2 Å². The van der Waals surface area contributed by atoms with Crippen LogP contribution in [0.1, 0.15) is 111 Å². The average molecular weight is 330 g/mol. The summed E-state index contributed by atoms with van der Waals surface area (Å²) in [6, 6.07) is 0. The van der Waals surface area contributed by atoms with E-state index in [-0.39, 0.29) is 0 Å². The molecule has 0 aromatic rings. The maximum absolute atomic E-state index is 9.62. The Kier molecular flexibility index (Phi) is 14.2. The van der Waals surface area contributed by atoms with Crippen molar-refractivity contribution < 1.29 is 10.2 Å².